The summed E-state index contributed by atoms with van der Waals surface area (Å²) in [5.41, 5.74) is 2.10. The summed E-state index contributed by atoms with van der Waals surface area (Å²) in [5.74, 6) is 1.47. The zero-order valence-corrected chi connectivity index (χ0v) is 15.1. The van der Waals surface area contributed by atoms with Gasteiger partial charge in [-0.25, -0.2) is 0 Å². The summed E-state index contributed by atoms with van der Waals surface area (Å²) < 4.78 is 12.3. The van der Waals surface area contributed by atoms with Crippen molar-refractivity contribution in [2.45, 2.75) is 25.8 Å². The van der Waals surface area contributed by atoms with Gasteiger partial charge in [-0.1, -0.05) is 41.1 Å². The van der Waals surface area contributed by atoms with Crippen molar-refractivity contribution < 1.29 is 14.3 Å². The number of nitrogens with one attached hydrogen (secondary N) is 1. The monoisotopic (exact) mass is 389 g/mol. The molecule has 3 rings (SSSR count). The van der Waals surface area contributed by atoms with Crippen molar-refractivity contribution in [2.24, 2.45) is 0 Å². The fourth-order valence-corrected chi connectivity index (χ4v) is 3.21. The molecule has 0 aromatic heterocycles. The first-order valence-corrected chi connectivity index (χ1v) is 8.89. The van der Waals surface area contributed by atoms with Gasteiger partial charge in [0, 0.05) is 16.5 Å². The standard InChI is InChI=1S/C19H20BrNO3/c1-2-13-5-3-4-6-17(13)24-12-19(22)21-16-9-10-23-18-8-7-14(20)11-15(16)18/h3-8,11,16H,2,9-10,12H2,1H3,(H,21,22). The van der Waals surface area contributed by atoms with Crippen molar-refractivity contribution in [3.8, 4) is 11.5 Å². The third kappa shape index (κ3) is 3.90. The highest BCUT2D eigenvalue weighted by Crippen LogP contribution is 2.34. The van der Waals surface area contributed by atoms with Gasteiger partial charge in [-0.05, 0) is 36.2 Å². The number of benzene rings is 2. The van der Waals surface area contributed by atoms with Crippen LogP contribution in [0.5, 0.6) is 11.5 Å². The summed E-state index contributed by atoms with van der Waals surface area (Å²) >= 11 is 3.47. The molecule has 1 aliphatic rings. The molecule has 2 aromatic rings. The number of aryl methyl sites for hydroxylation is 1. The van der Waals surface area contributed by atoms with E-state index in [9.17, 15) is 4.79 Å². The summed E-state index contributed by atoms with van der Waals surface area (Å²) in [4.78, 5) is 12.3. The van der Waals surface area contributed by atoms with Crippen LogP contribution in [0.25, 0.3) is 0 Å². The number of carbonyl (C=O) groups excluding carboxylic acids is 1. The maximum absolute atomic E-state index is 12.3. The van der Waals surface area contributed by atoms with E-state index in [4.69, 9.17) is 9.47 Å². The molecule has 4 nitrogen and oxygen atoms in total. The molecule has 1 N–H and O–H groups in total. The Balaban J connectivity index is 1.63. The van der Waals surface area contributed by atoms with E-state index >= 15 is 0 Å². The molecule has 126 valence electrons. The van der Waals surface area contributed by atoms with Crippen molar-refractivity contribution in [3.05, 3.63) is 58.1 Å². The van der Waals surface area contributed by atoms with Crippen molar-refractivity contribution in [1.29, 1.82) is 0 Å². The molecule has 0 saturated carbocycles. The molecule has 0 radical (unpaired) electrons. The van der Waals surface area contributed by atoms with Gasteiger partial charge in [0.2, 0.25) is 0 Å². The fourth-order valence-electron chi connectivity index (χ4n) is 2.83. The van der Waals surface area contributed by atoms with Crippen LogP contribution in [0.2, 0.25) is 0 Å². The van der Waals surface area contributed by atoms with Crippen molar-refractivity contribution >= 4 is 21.8 Å². The van der Waals surface area contributed by atoms with Crippen LogP contribution in [-0.2, 0) is 11.2 Å². The van der Waals surface area contributed by atoms with Crippen molar-refractivity contribution in [2.75, 3.05) is 13.2 Å². The van der Waals surface area contributed by atoms with Crippen LogP contribution in [0.4, 0.5) is 0 Å². The van der Waals surface area contributed by atoms with Gasteiger partial charge < -0.3 is 14.8 Å². The van der Waals surface area contributed by atoms with E-state index in [0.29, 0.717) is 6.61 Å². The zero-order valence-electron chi connectivity index (χ0n) is 13.5. The first kappa shape index (κ1) is 16.8. The van der Waals surface area contributed by atoms with E-state index in [1.807, 2.05) is 42.5 Å². The molecule has 5 heteroatoms. The molecule has 2 aromatic carbocycles. The predicted molar refractivity (Wildman–Crippen MR) is 96.5 cm³/mol. The summed E-state index contributed by atoms with van der Waals surface area (Å²) in [5, 5.41) is 3.05. The maximum Gasteiger partial charge on any atom is 0.258 e. The highest BCUT2D eigenvalue weighted by Gasteiger charge is 2.23. The topological polar surface area (TPSA) is 47.6 Å². The second kappa shape index (κ2) is 7.71. The first-order valence-electron chi connectivity index (χ1n) is 8.09. The number of para-hydroxylation sites is 1. The van der Waals surface area contributed by atoms with Gasteiger partial charge >= 0.3 is 0 Å². The van der Waals surface area contributed by atoms with Gasteiger partial charge in [0.25, 0.3) is 5.91 Å². The number of hydrogen-bond donors (Lipinski definition) is 1. The largest absolute Gasteiger partial charge is 0.493 e. The lowest BCUT2D eigenvalue weighted by Crippen LogP contribution is -2.35. The van der Waals surface area contributed by atoms with E-state index in [1.165, 1.54) is 0 Å². The number of fused-ring (bicyclic) bond motifs is 1. The van der Waals surface area contributed by atoms with E-state index in [0.717, 1.165) is 39.9 Å². The predicted octanol–water partition coefficient (Wildman–Crippen LogP) is 4.03. The zero-order chi connectivity index (χ0) is 16.9. The van der Waals surface area contributed by atoms with Gasteiger partial charge in [-0.3, -0.25) is 4.79 Å². The molecule has 1 heterocycles. The number of amides is 1. The summed E-state index contributed by atoms with van der Waals surface area (Å²) in [6, 6.07) is 13.6. The molecule has 0 fully saturated rings. The number of rotatable bonds is 5. The summed E-state index contributed by atoms with van der Waals surface area (Å²) in [6.07, 6.45) is 1.62. The van der Waals surface area contributed by atoms with E-state index in [1.54, 1.807) is 0 Å². The second-order valence-electron chi connectivity index (χ2n) is 5.69. The van der Waals surface area contributed by atoms with Gasteiger partial charge in [-0.15, -0.1) is 0 Å². The lowest BCUT2D eigenvalue weighted by Gasteiger charge is -2.27. The number of hydrogen-bond acceptors (Lipinski definition) is 3. The van der Waals surface area contributed by atoms with Crippen LogP contribution in [0.15, 0.2) is 46.9 Å². The lowest BCUT2D eigenvalue weighted by atomic mass is 10.0. The molecule has 0 bridgehead atoms. The molecule has 1 aliphatic heterocycles. The highest BCUT2D eigenvalue weighted by atomic mass is 79.9. The maximum atomic E-state index is 12.3. The van der Waals surface area contributed by atoms with Gasteiger partial charge in [0.1, 0.15) is 11.5 Å². The van der Waals surface area contributed by atoms with Gasteiger partial charge in [-0.2, -0.15) is 0 Å². The molecule has 24 heavy (non-hydrogen) atoms. The minimum atomic E-state index is -0.126. The second-order valence-corrected chi connectivity index (χ2v) is 6.61. The van der Waals surface area contributed by atoms with Crippen molar-refractivity contribution in [3.63, 3.8) is 0 Å². The SMILES string of the molecule is CCc1ccccc1OCC(=O)NC1CCOc2ccc(Br)cc21. The van der Waals surface area contributed by atoms with Crippen molar-refractivity contribution in [1.82, 2.24) is 5.32 Å². The van der Waals surface area contributed by atoms with E-state index in [2.05, 4.69) is 28.2 Å². The average Bonchev–Trinajstić information content (AvgIpc) is 2.60. The van der Waals surface area contributed by atoms with Crippen LogP contribution in [0.3, 0.4) is 0 Å². The first-order chi connectivity index (χ1) is 11.7. The van der Waals surface area contributed by atoms with Crippen LogP contribution >= 0.6 is 15.9 Å². The summed E-state index contributed by atoms with van der Waals surface area (Å²) in [7, 11) is 0. The Kier molecular flexibility index (Phi) is 5.41. The molecular formula is C19H20BrNO3. The third-order valence-electron chi connectivity index (χ3n) is 4.06. The molecular weight excluding hydrogens is 370 g/mol. The number of halogens is 1. The Morgan fingerprint density at radius 2 is 2.17 bits per heavy atom. The Hall–Kier alpha value is -2.01. The van der Waals surface area contributed by atoms with Crippen LogP contribution in [0, 0.1) is 0 Å². The minimum Gasteiger partial charge on any atom is -0.493 e. The average molecular weight is 390 g/mol. The normalized spacial score (nSPS) is 16.0. The lowest BCUT2D eigenvalue weighted by molar-refractivity contribution is -0.124. The Labute approximate surface area is 150 Å². The van der Waals surface area contributed by atoms with E-state index in [-0.39, 0.29) is 18.6 Å². The highest BCUT2D eigenvalue weighted by molar-refractivity contribution is 9.10. The van der Waals surface area contributed by atoms with Gasteiger partial charge in [0.15, 0.2) is 6.61 Å². The van der Waals surface area contributed by atoms with Gasteiger partial charge in [0.05, 0.1) is 12.6 Å². The summed E-state index contributed by atoms with van der Waals surface area (Å²) in [6.45, 7) is 2.68. The fraction of sp³-hybridized carbons (Fsp3) is 0.316. The van der Waals surface area contributed by atoms with E-state index < -0.39 is 0 Å². The number of carbonyl (C=O) groups is 1. The van der Waals surface area contributed by atoms with Crippen LogP contribution < -0.4 is 14.8 Å². The quantitative estimate of drug-likeness (QED) is 0.839. The molecule has 1 atom stereocenters. The Bertz CT molecular complexity index is 732. The Morgan fingerprint density at radius 3 is 3.00 bits per heavy atom. The van der Waals surface area contributed by atoms with Crippen LogP contribution in [-0.4, -0.2) is 19.1 Å². The third-order valence-corrected chi connectivity index (χ3v) is 4.55. The van der Waals surface area contributed by atoms with Crippen LogP contribution in [0.1, 0.15) is 30.5 Å². The molecule has 1 amide bonds. The minimum absolute atomic E-state index is 0.0116. The molecule has 0 aliphatic carbocycles. The number of ether oxygens (including phenoxy) is 2. The molecule has 1 unspecified atom stereocenters. The smallest absolute Gasteiger partial charge is 0.258 e. The molecule has 0 saturated heterocycles. The molecule has 0 spiro atoms. The Morgan fingerprint density at radius 1 is 1.33 bits per heavy atom.